The molecule has 2 heterocycles. The third kappa shape index (κ3) is 4.84. The van der Waals surface area contributed by atoms with Gasteiger partial charge in [0.15, 0.2) is 6.61 Å². The zero-order chi connectivity index (χ0) is 21.8. The standard InChI is InChI=1S/C23H26N2O4S/c1-14-6-8-19(9-7-14)25-15(2)10-20(17(25)4)22(26)11-28-23(27)13-30-12-21-16(3)24-29-18(21)5/h6-10H,11-13H2,1-5H3. The summed E-state index contributed by atoms with van der Waals surface area (Å²) in [6, 6.07) is 9.98. The highest BCUT2D eigenvalue weighted by Gasteiger charge is 2.18. The maximum atomic E-state index is 12.7. The first-order valence-electron chi connectivity index (χ1n) is 9.72. The quantitative estimate of drug-likeness (QED) is 0.385. The number of carbonyl (C=O) groups excluding carboxylic acids is 2. The van der Waals surface area contributed by atoms with Gasteiger partial charge in [-0.3, -0.25) is 9.59 Å². The molecule has 7 heteroatoms. The number of rotatable bonds is 8. The maximum Gasteiger partial charge on any atom is 0.316 e. The first-order chi connectivity index (χ1) is 14.3. The van der Waals surface area contributed by atoms with E-state index >= 15 is 0 Å². The Labute approximate surface area is 180 Å². The van der Waals surface area contributed by atoms with Crippen LogP contribution in [0.15, 0.2) is 34.9 Å². The number of esters is 1. The predicted octanol–water partition coefficient (Wildman–Crippen LogP) is 4.67. The summed E-state index contributed by atoms with van der Waals surface area (Å²) < 4.78 is 12.4. The van der Waals surface area contributed by atoms with Crippen LogP contribution in [-0.2, 0) is 15.3 Å². The molecule has 0 saturated carbocycles. The summed E-state index contributed by atoms with van der Waals surface area (Å²) in [5.74, 6) is 0.923. The molecule has 30 heavy (non-hydrogen) atoms. The molecule has 2 aromatic heterocycles. The first kappa shape index (κ1) is 21.9. The highest BCUT2D eigenvalue weighted by Crippen LogP contribution is 2.22. The molecule has 6 nitrogen and oxygen atoms in total. The van der Waals surface area contributed by atoms with Crippen molar-refractivity contribution in [1.29, 1.82) is 0 Å². The maximum absolute atomic E-state index is 12.7. The van der Waals surface area contributed by atoms with Gasteiger partial charge in [0.25, 0.3) is 0 Å². The van der Waals surface area contributed by atoms with Crippen LogP contribution in [0.25, 0.3) is 5.69 Å². The number of benzene rings is 1. The fourth-order valence-corrected chi connectivity index (χ4v) is 4.31. The smallest absolute Gasteiger partial charge is 0.316 e. The molecule has 0 unspecified atom stereocenters. The Hall–Kier alpha value is -2.80. The Morgan fingerprint density at radius 1 is 1.10 bits per heavy atom. The molecule has 0 N–H and O–H groups in total. The normalized spacial score (nSPS) is 11.0. The van der Waals surface area contributed by atoms with E-state index in [0.717, 1.165) is 34.1 Å². The SMILES string of the molecule is Cc1ccc(-n2c(C)cc(C(=O)COC(=O)CSCc3c(C)noc3C)c2C)cc1. The lowest BCUT2D eigenvalue weighted by Crippen LogP contribution is -2.16. The molecule has 0 aliphatic heterocycles. The minimum absolute atomic E-state index is 0.166. The van der Waals surface area contributed by atoms with E-state index in [1.807, 2.05) is 69.5 Å². The van der Waals surface area contributed by atoms with Crippen molar-refractivity contribution in [3.8, 4) is 5.69 Å². The topological polar surface area (TPSA) is 74.3 Å². The van der Waals surface area contributed by atoms with Gasteiger partial charge in [-0.25, -0.2) is 0 Å². The molecule has 0 bridgehead atoms. The van der Waals surface area contributed by atoms with E-state index in [9.17, 15) is 9.59 Å². The summed E-state index contributed by atoms with van der Waals surface area (Å²) in [6.45, 7) is 9.36. The number of hydrogen-bond acceptors (Lipinski definition) is 6. The number of ketones is 1. The van der Waals surface area contributed by atoms with Crippen molar-refractivity contribution in [3.63, 3.8) is 0 Å². The number of carbonyl (C=O) groups is 2. The molecule has 0 aliphatic rings. The lowest BCUT2D eigenvalue weighted by atomic mass is 10.1. The van der Waals surface area contributed by atoms with Crippen molar-refractivity contribution in [2.24, 2.45) is 0 Å². The van der Waals surface area contributed by atoms with Gasteiger partial charge in [0, 0.05) is 34.0 Å². The third-order valence-corrected chi connectivity index (χ3v) is 5.97. The van der Waals surface area contributed by atoms with Crippen LogP contribution in [0.1, 0.15) is 44.3 Å². The van der Waals surface area contributed by atoms with Gasteiger partial charge in [0.1, 0.15) is 5.76 Å². The Morgan fingerprint density at radius 2 is 1.80 bits per heavy atom. The van der Waals surface area contributed by atoms with Gasteiger partial charge in [0.05, 0.1) is 11.4 Å². The summed E-state index contributed by atoms with van der Waals surface area (Å²) in [6.07, 6.45) is 0. The van der Waals surface area contributed by atoms with Gasteiger partial charge in [-0.1, -0.05) is 22.9 Å². The molecular weight excluding hydrogens is 400 g/mol. The molecule has 3 rings (SSSR count). The molecule has 0 radical (unpaired) electrons. The molecule has 0 amide bonds. The summed E-state index contributed by atoms with van der Waals surface area (Å²) >= 11 is 1.41. The molecule has 0 fully saturated rings. The molecule has 0 aliphatic carbocycles. The number of aromatic nitrogens is 2. The molecule has 0 spiro atoms. The zero-order valence-electron chi connectivity index (χ0n) is 17.9. The summed E-state index contributed by atoms with van der Waals surface area (Å²) in [4.78, 5) is 24.7. The number of ether oxygens (including phenoxy) is 1. The average Bonchev–Trinajstić information content (AvgIpc) is 3.19. The van der Waals surface area contributed by atoms with E-state index in [2.05, 4.69) is 5.16 Å². The molecule has 158 valence electrons. The summed E-state index contributed by atoms with van der Waals surface area (Å²) in [5.41, 5.74) is 6.37. The Balaban J connectivity index is 1.56. The lowest BCUT2D eigenvalue weighted by Gasteiger charge is -2.10. The highest BCUT2D eigenvalue weighted by atomic mass is 32.2. The van der Waals surface area contributed by atoms with Gasteiger partial charge in [-0.15, -0.1) is 11.8 Å². The molecule has 0 atom stereocenters. The van der Waals surface area contributed by atoms with Crippen LogP contribution in [-0.4, -0.2) is 33.8 Å². The van der Waals surface area contributed by atoms with Gasteiger partial charge < -0.3 is 13.8 Å². The number of aryl methyl sites for hydroxylation is 4. The van der Waals surface area contributed by atoms with Crippen LogP contribution < -0.4 is 0 Å². The summed E-state index contributed by atoms with van der Waals surface area (Å²) in [5, 5.41) is 3.90. The van der Waals surface area contributed by atoms with Crippen molar-refractivity contribution in [1.82, 2.24) is 9.72 Å². The zero-order valence-corrected chi connectivity index (χ0v) is 18.8. The van der Waals surface area contributed by atoms with E-state index in [1.165, 1.54) is 17.3 Å². The highest BCUT2D eigenvalue weighted by molar-refractivity contribution is 7.99. The lowest BCUT2D eigenvalue weighted by molar-refractivity contribution is -0.139. The number of thioether (sulfide) groups is 1. The van der Waals surface area contributed by atoms with Crippen LogP contribution in [0, 0.1) is 34.6 Å². The molecule has 0 saturated heterocycles. The first-order valence-corrected chi connectivity index (χ1v) is 10.9. The van der Waals surface area contributed by atoms with Gasteiger partial charge in [-0.2, -0.15) is 0 Å². The van der Waals surface area contributed by atoms with E-state index in [-0.39, 0.29) is 18.1 Å². The van der Waals surface area contributed by atoms with Crippen molar-refractivity contribution < 1.29 is 18.8 Å². The van der Waals surface area contributed by atoms with E-state index in [4.69, 9.17) is 9.26 Å². The minimum Gasteiger partial charge on any atom is -0.457 e. The Morgan fingerprint density at radius 3 is 2.43 bits per heavy atom. The van der Waals surface area contributed by atoms with Gasteiger partial charge in [0.2, 0.25) is 5.78 Å². The second-order valence-electron chi connectivity index (χ2n) is 7.34. The monoisotopic (exact) mass is 426 g/mol. The summed E-state index contributed by atoms with van der Waals surface area (Å²) in [7, 11) is 0. The van der Waals surface area contributed by atoms with E-state index < -0.39 is 5.97 Å². The van der Waals surface area contributed by atoms with Gasteiger partial charge in [-0.05, 0) is 52.8 Å². The third-order valence-electron chi connectivity index (χ3n) is 5.04. The van der Waals surface area contributed by atoms with Crippen LogP contribution in [0.4, 0.5) is 0 Å². The van der Waals surface area contributed by atoms with Crippen molar-refractivity contribution in [2.75, 3.05) is 12.4 Å². The molecular formula is C23H26N2O4S. The average molecular weight is 427 g/mol. The fourth-order valence-electron chi connectivity index (χ4n) is 3.35. The second-order valence-corrected chi connectivity index (χ2v) is 8.32. The second kappa shape index (κ2) is 9.34. The largest absolute Gasteiger partial charge is 0.457 e. The number of hydrogen-bond donors (Lipinski definition) is 0. The van der Waals surface area contributed by atoms with Crippen LogP contribution in [0.3, 0.4) is 0 Å². The molecule has 3 aromatic rings. The van der Waals surface area contributed by atoms with Crippen LogP contribution >= 0.6 is 11.8 Å². The Bertz CT molecular complexity index is 1040. The predicted molar refractivity (Wildman–Crippen MR) is 117 cm³/mol. The number of Topliss-reactive ketones (excluding diaryl/α,β-unsaturated/α-hetero) is 1. The van der Waals surface area contributed by atoms with Crippen molar-refractivity contribution >= 4 is 23.5 Å². The minimum atomic E-state index is -0.410. The van der Waals surface area contributed by atoms with Crippen LogP contribution in [0.2, 0.25) is 0 Å². The molecule has 1 aromatic carbocycles. The van der Waals surface area contributed by atoms with Gasteiger partial charge >= 0.3 is 5.97 Å². The van der Waals surface area contributed by atoms with E-state index in [1.54, 1.807) is 0 Å². The Kier molecular flexibility index (Phi) is 6.82. The van der Waals surface area contributed by atoms with E-state index in [0.29, 0.717) is 11.3 Å². The van der Waals surface area contributed by atoms with Crippen molar-refractivity contribution in [3.05, 3.63) is 69.9 Å². The number of nitrogens with zero attached hydrogens (tertiary/aromatic N) is 2. The van der Waals surface area contributed by atoms with Crippen molar-refractivity contribution in [2.45, 2.75) is 40.4 Å². The fraction of sp³-hybridized carbons (Fsp3) is 0.348. The van der Waals surface area contributed by atoms with Crippen LogP contribution in [0.5, 0.6) is 0 Å².